The zero-order valence-corrected chi connectivity index (χ0v) is 20.0. The Morgan fingerprint density at radius 2 is 1.85 bits per heavy atom. The van der Waals surface area contributed by atoms with Crippen molar-refractivity contribution in [3.63, 3.8) is 0 Å². The maximum Gasteiger partial charge on any atom is 0.191 e. The van der Waals surface area contributed by atoms with Crippen LogP contribution in [0.25, 0.3) is 0 Å². The van der Waals surface area contributed by atoms with Crippen LogP contribution in [-0.2, 0) is 11.3 Å². The Morgan fingerprint density at radius 3 is 2.48 bits per heavy atom. The van der Waals surface area contributed by atoms with E-state index in [2.05, 4.69) is 66.8 Å². The number of aliphatic imine (C=N–C) groups is 1. The quantitative estimate of drug-likeness (QED) is 0.203. The van der Waals surface area contributed by atoms with Gasteiger partial charge >= 0.3 is 0 Å². The SMILES string of the molecule is CN=C(NCCNC(C)(C)C)NCc1ccc(C)cc1OCCCOC.I. The van der Waals surface area contributed by atoms with Crippen molar-refractivity contribution in [2.24, 2.45) is 4.99 Å². The highest BCUT2D eigenvalue weighted by molar-refractivity contribution is 14.0. The lowest BCUT2D eigenvalue weighted by Crippen LogP contribution is -2.44. The molecule has 27 heavy (non-hydrogen) atoms. The number of rotatable bonds is 10. The molecule has 0 heterocycles. The smallest absolute Gasteiger partial charge is 0.191 e. The summed E-state index contributed by atoms with van der Waals surface area (Å²) < 4.78 is 11.0. The Balaban J connectivity index is 0.00000676. The average Bonchev–Trinajstić information content (AvgIpc) is 2.58. The van der Waals surface area contributed by atoms with Crippen LogP contribution in [0.3, 0.4) is 0 Å². The van der Waals surface area contributed by atoms with E-state index >= 15 is 0 Å². The first kappa shape index (κ1) is 25.9. The summed E-state index contributed by atoms with van der Waals surface area (Å²) in [6.45, 7) is 12.2. The largest absolute Gasteiger partial charge is 0.493 e. The van der Waals surface area contributed by atoms with Crippen molar-refractivity contribution >= 4 is 29.9 Å². The van der Waals surface area contributed by atoms with Crippen molar-refractivity contribution in [1.82, 2.24) is 16.0 Å². The van der Waals surface area contributed by atoms with Gasteiger partial charge in [-0.05, 0) is 39.3 Å². The summed E-state index contributed by atoms with van der Waals surface area (Å²) >= 11 is 0. The Hall–Kier alpha value is -1.06. The molecular weight excluding hydrogens is 455 g/mol. The average molecular weight is 492 g/mol. The van der Waals surface area contributed by atoms with Gasteiger partial charge in [0, 0.05) is 57.9 Å². The second-order valence-corrected chi connectivity index (χ2v) is 7.34. The minimum atomic E-state index is 0. The molecule has 7 heteroatoms. The molecule has 0 aliphatic carbocycles. The molecule has 0 saturated carbocycles. The lowest BCUT2D eigenvalue weighted by molar-refractivity contribution is 0.171. The molecule has 156 valence electrons. The molecule has 0 amide bonds. The first-order chi connectivity index (χ1) is 12.4. The third-order valence-corrected chi connectivity index (χ3v) is 3.72. The van der Waals surface area contributed by atoms with Gasteiger partial charge in [0.25, 0.3) is 0 Å². The fraction of sp³-hybridized carbons (Fsp3) is 0.650. The molecule has 0 unspecified atom stereocenters. The lowest BCUT2D eigenvalue weighted by Gasteiger charge is -2.21. The summed E-state index contributed by atoms with van der Waals surface area (Å²) in [7, 11) is 3.49. The summed E-state index contributed by atoms with van der Waals surface area (Å²) in [5.74, 6) is 1.70. The van der Waals surface area contributed by atoms with Gasteiger partial charge in [0.05, 0.1) is 6.61 Å². The van der Waals surface area contributed by atoms with Gasteiger partial charge < -0.3 is 25.4 Å². The predicted octanol–water partition coefficient (Wildman–Crippen LogP) is 3.08. The van der Waals surface area contributed by atoms with E-state index in [1.165, 1.54) is 5.56 Å². The molecule has 0 radical (unpaired) electrons. The molecule has 0 spiro atoms. The molecule has 0 atom stereocenters. The van der Waals surface area contributed by atoms with Crippen LogP contribution in [0.1, 0.15) is 38.3 Å². The second kappa shape index (κ2) is 14.0. The fourth-order valence-corrected chi connectivity index (χ4v) is 2.35. The van der Waals surface area contributed by atoms with E-state index in [1.54, 1.807) is 14.2 Å². The van der Waals surface area contributed by atoms with Gasteiger partial charge in [-0.25, -0.2) is 0 Å². The zero-order valence-electron chi connectivity index (χ0n) is 17.6. The number of hydrogen-bond donors (Lipinski definition) is 3. The summed E-state index contributed by atoms with van der Waals surface area (Å²) in [5.41, 5.74) is 2.42. The molecule has 0 saturated heterocycles. The van der Waals surface area contributed by atoms with Crippen LogP contribution in [0.5, 0.6) is 5.75 Å². The van der Waals surface area contributed by atoms with Crippen LogP contribution in [-0.4, -0.2) is 52.0 Å². The van der Waals surface area contributed by atoms with Crippen molar-refractivity contribution < 1.29 is 9.47 Å². The number of guanidine groups is 1. The van der Waals surface area contributed by atoms with Crippen molar-refractivity contribution in [2.45, 2.75) is 46.2 Å². The molecule has 3 N–H and O–H groups in total. The van der Waals surface area contributed by atoms with E-state index in [1.807, 2.05) is 0 Å². The van der Waals surface area contributed by atoms with Gasteiger partial charge in [-0.15, -0.1) is 24.0 Å². The zero-order chi connectivity index (χ0) is 19.4. The molecule has 1 aromatic rings. The van der Waals surface area contributed by atoms with Gasteiger partial charge in [0.15, 0.2) is 5.96 Å². The third kappa shape index (κ3) is 12.1. The highest BCUT2D eigenvalue weighted by Gasteiger charge is 2.08. The summed E-state index contributed by atoms with van der Waals surface area (Å²) in [5, 5.41) is 10.1. The Labute approximate surface area is 181 Å². The Morgan fingerprint density at radius 1 is 1.11 bits per heavy atom. The van der Waals surface area contributed by atoms with E-state index in [0.717, 1.165) is 36.8 Å². The standard InChI is InChI=1S/C20H36N4O2.HI/c1-16-8-9-17(18(14-16)26-13-7-12-25-6)15-23-19(21-5)22-10-11-24-20(2,3)4;/h8-9,14,24H,7,10-13,15H2,1-6H3,(H2,21,22,23);1H. The normalized spacial score (nSPS) is 11.7. The van der Waals surface area contributed by atoms with E-state index in [-0.39, 0.29) is 29.5 Å². The molecule has 0 aromatic heterocycles. The Kier molecular flexibility index (Phi) is 13.5. The molecular formula is C20H37IN4O2. The van der Waals surface area contributed by atoms with Crippen LogP contribution < -0.4 is 20.7 Å². The van der Waals surface area contributed by atoms with Crippen LogP contribution >= 0.6 is 24.0 Å². The molecule has 0 aliphatic rings. The first-order valence-electron chi connectivity index (χ1n) is 9.26. The van der Waals surface area contributed by atoms with E-state index in [9.17, 15) is 0 Å². The molecule has 0 fully saturated rings. The van der Waals surface area contributed by atoms with Crippen molar-refractivity contribution in [3.05, 3.63) is 29.3 Å². The lowest BCUT2D eigenvalue weighted by atomic mass is 10.1. The molecule has 0 aliphatic heterocycles. The van der Waals surface area contributed by atoms with Gasteiger partial charge in [-0.1, -0.05) is 12.1 Å². The fourth-order valence-electron chi connectivity index (χ4n) is 2.35. The highest BCUT2D eigenvalue weighted by atomic mass is 127. The van der Waals surface area contributed by atoms with Crippen molar-refractivity contribution in [3.8, 4) is 5.75 Å². The third-order valence-electron chi connectivity index (χ3n) is 3.72. The molecule has 1 rings (SSSR count). The summed E-state index contributed by atoms with van der Waals surface area (Å²) in [4.78, 5) is 4.28. The number of nitrogens with zero attached hydrogens (tertiary/aromatic N) is 1. The number of benzene rings is 1. The van der Waals surface area contributed by atoms with E-state index in [4.69, 9.17) is 9.47 Å². The summed E-state index contributed by atoms with van der Waals surface area (Å²) in [6, 6.07) is 6.28. The minimum Gasteiger partial charge on any atom is -0.493 e. The molecule has 0 bridgehead atoms. The maximum atomic E-state index is 5.93. The number of nitrogens with one attached hydrogen (secondary N) is 3. The highest BCUT2D eigenvalue weighted by Crippen LogP contribution is 2.20. The predicted molar refractivity (Wildman–Crippen MR) is 125 cm³/mol. The van der Waals surface area contributed by atoms with Gasteiger partial charge in [0.2, 0.25) is 0 Å². The maximum absolute atomic E-state index is 5.93. The monoisotopic (exact) mass is 492 g/mol. The number of ether oxygens (including phenoxy) is 2. The van der Waals surface area contributed by atoms with Gasteiger partial charge in [-0.2, -0.15) is 0 Å². The molecule has 1 aromatic carbocycles. The topological polar surface area (TPSA) is 66.9 Å². The first-order valence-corrected chi connectivity index (χ1v) is 9.26. The van der Waals surface area contributed by atoms with Crippen LogP contribution in [0.4, 0.5) is 0 Å². The number of hydrogen-bond acceptors (Lipinski definition) is 4. The summed E-state index contributed by atoms with van der Waals surface area (Å²) in [6.07, 6.45) is 0.876. The molecule has 6 nitrogen and oxygen atoms in total. The van der Waals surface area contributed by atoms with Crippen molar-refractivity contribution in [1.29, 1.82) is 0 Å². The van der Waals surface area contributed by atoms with E-state index < -0.39 is 0 Å². The van der Waals surface area contributed by atoms with Crippen LogP contribution in [0, 0.1) is 6.92 Å². The second-order valence-electron chi connectivity index (χ2n) is 7.34. The number of aryl methyl sites for hydroxylation is 1. The van der Waals surface area contributed by atoms with Gasteiger partial charge in [0.1, 0.15) is 5.75 Å². The van der Waals surface area contributed by atoms with Gasteiger partial charge in [-0.3, -0.25) is 4.99 Å². The van der Waals surface area contributed by atoms with Crippen molar-refractivity contribution in [2.75, 3.05) is 40.5 Å². The van der Waals surface area contributed by atoms with Crippen LogP contribution in [0.2, 0.25) is 0 Å². The number of halogens is 1. The van der Waals surface area contributed by atoms with Crippen LogP contribution in [0.15, 0.2) is 23.2 Å². The Bertz CT molecular complexity index is 559. The minimum absolute atomic E-state index is 0. The number of methoxy groups -OCH3 is 1. The van der Waals surface area contributed by atoms with E-state index in [0.29, 0.717) is 19.8 Å².